The van der Waals surface area contributed by atoms with Crippen LogP contribution in [0.3, 0.4) is 0 Å². The van der Waals surface area contributed by atoms with Crippen molar-refractivity contribution in [3.05, 3.63) is 29.3 Å². The van der Waals surface area contributed by atoms with Gasteiger partial charge in [-0.15, -0.1) is 11.8 Å². The number of benzene rings is 1. The summed E-state index contributed by atoms with van der Waals surface area (Å²) in [6.07, 6.45) is 2.51. The predicted molar refractivity (Wildman–Crippen MR) is 71.2 cm³/mol. The molecule has 3 heteroatoms. The SMILES string of the molecule is CN1CCc2cc(C3NCCCS3)ccc21. The number of thioether (sulfide) groups is 1. The van der Waals surface area contributed by atoms with Crippen molar-refractivity contribution in [2.75, 3.05) is 30.8 Å². The van der Waals surface area contributed by atoms with Crippen molar-refractivity contribution in [1.29, 1.82) is 0 Å². The summed E-state index contributed by atoms with van der Waals surface area (Å²) in [4.78, 5) is 2.35. The fourth-order valence-corrected chi connectivity index (χ4v) is 3.65. The van der Waals surface area contributed by atoms with Gasteiger partial charge in [0.1, 0.15) is 0 Å². The normalized spacial score (nSPS) is 24.6. The molecule has 2 aliphatic rings. The van der Waals surface area contributed by atoms with Gasteiger partial charge in [-0.25, -0.2) is 0 Å². The van der Waals surface area contributed by atoms with E-state index >= 15 is 0 Å². The van der Waals surface area contributed by atoms with E-state index in [4.69, 9.17) is 0 Å². The zero-order valence-corrected chi connectivity index (χ0v) is 10.5. The molecular weight excluding hydrogens is 216 g/mol. The Bertz CT molecular complexity index is 386. The van der Waals surface area contributed by atoms with Crippen molar-refractivity contribution in [3.8, 4) is 0 Å². The predicted octanol–water partition coefficient (Wildman–Crippen LogP) is 2.40. The molecule has 1 atom stereocenters. The van der Waals surface area contributed by atoms with Gasteiger partial charge >= 0.3 is 0 Å². The maximum atomic E-state index is 3.59. The van der Waals surface area contributed by atoms with Crippen LogP contribution in [0, 0.1) is 0 Å². The molecule has 1 unspecified atom stereocenters. The molecule has 0 saturated carbocycles. The van der Waals surface area contributed by atoms with E-state index in [1.165, 1.54) is 42.0 Å². The summed E-state index contributed by atoms with van der Waals surface area (Å²) < 4.78 is 0. The van der Waals surface area contributed by atoms with E-state index in [1.54, 1.807) is 0 Å². The van der Waals surface area contributed by atoms with Crippen LogP contribution in [0.15, 0.2) is 18.2 Å². The summed E-state index contributed by atoms with van der Waals surface area (Å²) in [7, 11) is 2.18. The highest BCUT2D eigenvalue weighted by molar-refractivity contribution is 7.99. The van der Waals surface area contributed by atoms with Gasteiger partial charge in [-0.1, -0.05) is 12.1 Å². The second-order valence-corrected chi connectivity index (χ2v) is 5.83. The Morgan fingerprint density at radius 1 is 1.44 bits per heavy atom. The van der Waals surface area contributed by atoms with Crippen LogP contribution in [0.2, 0.25) is 0 Å². The number of anilines is 1. The van der Waals surface area contributed by atoms with Gasteiger partial charge < -0.3 is 10.2 Å². The number of nitrogens with zero attached hydrogens (tertiary/aromatic N) is 1. The van der Waals surface area contributed by atoms with Gasteiger partial charge in [0.15, 0.2) is 0 Å². The van der Waals surface area contributed by atoms with E-state index in [1.807, 2.05) is 11.8 Å². The van der Waals surface area contributed by atoms with Crippen molar-refractivity contribution in [3.63, 3.8) is 0 Å². The zero-order valence-electron chi connectivity index (χ0n) is 9.70. The van der Waals surface area contributed by atoms with Gasteiger partial charge in [-0.3, -0.25) is 0 Å². The molecule has 86 valence electrons. The fraction of sp³-hybridized carbons (Fsp3) is 0.538. The van der Waals surface area contributed by atoms with Gasteiger partial charge in [-0.2, -0.15) is 0 Å². The van der Waals surface area contributed by atoms with Crippen molar-refractivity contribution < 1.29 is 0 Å². The molecule has 1 saturated heterocycles. The maximum Gasteiger partial charge on any atom is 0.0789 e. The smallest absolute Gasteiger partial charge is 0.0789 e. The standard InChI is InChI=1S/C13H18N2S/c1-15-7-5-10-9-11(3-4-12(10)15)13-14-6-2-8-16-13/h3-4,9,13-14H,2,5-8H2,1H3. The Morgan fingerprint density at radius 2 is 2.38 bits per heavy atom. The first kappa shape index (κ1) is 10.5. The van der Waals surface area contributed by atoms with Gasteiger partial charge in [0.25, 0.3) is 0 Å². The lowest BCUT2D eigenvalue weighted by Gasteiger charge is -2.24. The average molecular weight is 234 g/mol. The molecular formula is C13H18N2S. The molecule has 1 aromatic rings. The number of likely N-dealkylation sites (N-methyl/N-ethyl adjacent to an activating group) is 1. The Morgan fingerprint density at radius 3 is 3.19 bits per heavy atom. The van der Waals surface area contributed by atoms with E-state index in [2.05, 4.69) is 35.5 Å². The first-order chi connectivity index (χ1) is 7.84. The molecule has 1 fully saturated rings. The molecule has 3 rings (SSSR count). The molecule has 0 spiro atoms. The zero-order chi connectivity index (χ0) is 11.0. The Balaban J connectivity index is 1.86. The largest absolute Gasteiger partial charge is 0.374 e. The summed E-state index contributed by atoms with van der Waals surface area (Å²) in [6, 6.07) is 6.97. The highest BCUT2D eigenvalue weighted by atomic mass is 32.2. The minimum absolute atomic E-state index is 0.518. The monoisotopic (exact) mass is 234 g/mol. The van der Waals surface area contributed by atoms with Crippen LogP contribution in [-0.4, -0.2) is 25.9 Å². The molecule has 16 heavy (non-hydrogen) atoms. The quantitative estimate of drug-likeness (QED) is 0.803. The Kier molecular flexibility index (Phi) is 2.82. The van der Waals surface area contributed by atoms with E-state index in [9.17, 15) is 0 Å². The molecule has 0 aromatic heterocycles. The lowest BCUT2D eigenvalue weighted by atomic mass is 10.1. The highest BCUT2D eigenvalue weighted by Crippen LogP contribution is 2.34. The molecule has 2 nitrogen and oxygen atoms in total. The van der Waals surface area contributed by atoms with E-state index in [-0.39, 0.29) is 0 Å². The third-order valence-electron chi connectivity index (χ3n) is 3.47. The lowest BCUT2D eigenvalue weighted by molar-refractivity contribution is 0.643. The first-order valence-electron chi connectivity index (χ1n) is 6.03. The van der Waals surface area contributed by atoms with Gasteiger partial charge in [0.05, 0.1) is 5.37 Å². The summed E-state index contributed by atoms with van der Waals surface area (Å²) >= 11 is 2.04. The Labute approximate surface area is 101 Å². The Hall–Kier alpha value is -0.670. The third-order valence-corrected chi connectivity index (χ3v) is 4.77. The molecule has 0 aliphatic carbocycles. The van der Waals surface area contributed by atoms with Crippen LogP contribution in [0.1, 0.15) is 22.9 Å². The molecule has 2 aliphatic heterocycles. The minimum atomic E-state index is 0.518. The number of hydrogen-bond acceptors (Lipinski definition) is 3. The van der Waals surface area contributed by atoms with Gasteiger partial charge in [0, 0.05) is 19.3 Å². The second-order valence-electron chi connectivity index (χ2n) is 4.62. The first-order valence-corrected chi connectivity index (χ1v) is 7.08. The van der Waals surface area contributed by atoms with E-state index in [0.29, 0.717) is 5.37 Å². The molecule has 0 amide bonds. The number of rotatable bonds is 1. The van der Waals surface area contributed by atoms with Crippen LogP contribution in [0.4, 0.5) is 5.69 Å². The maximum absolute atomic E-state index is 3.59. The van der Waals surface area contributed by atoms with E-state index < -0.39 is 0 Å². The van der Waals surface area contributed by atoms with Crippen molar-refractivity contribution in [2.45, 2.75) is 18.2 Å². The fourth-order valence-electron chi connectivity index (χ4n) is 2.53. The molecule has 2 heterocycles. The van der Waals surface area contributed by atoms with Crippen LogP contribution >= 0.6 is 11.8 Å². The van der Waals surface area contributed by atoms with Crippen LogP contribution in [0.25, 0.3) is 0 Å². The number of hydrogen-bond donors (Lipinski definition) is 1. The van der Waals surface area contributed by atoms with Crippen molar-refractivity contribution in [2.24, 2.45) is 0 Å². The van der Waals surface area contributed by atoms with Crippen molar-refractivity contribution >= 4 is 17.4 Å². The topological polar surface area (TPSA) is 15.3 Å². The minimum Gasteiger partial charge on any atom is -0.374 e. The lowest BCUT2D eigenvalue weighted by Crippen LogP contribution is -2.25. The van der Waals surface area contributed by atoms with E-state index in [0.717, 1.165) is 6.54 Å². The van der Waals surface area contributed by atoms with Gasteiger partial charge in [0.2, 0.25) is 0 Å². The number of nitrogens with one attached hydrogen (secondary N) is 1. The molecule has 0 radical (unpaired) electrons. The number of fused-ring (bicyclic) bond motifs is 1. The molecule has 1 aromatic carbocycles. The third kappa shape index (κ3) is 1.82. The summed E-state index contributed by atoms with van der Waals surface area (Å²) in [5.74, 6) is 1.29. The second kappa shape index (κ2) is 4.30. The van der Waals surface area contributed by atoms with Crippen LogP contribution in [0.5, 0.6) is 0 Å². The summed E-state index contributed by atoms with van der Waals surface area (Å²) in [5.41, 5.74) is 4.40. The van der Waals surface area contributed by atoms with Crippen LogP contribution in [-0.2, 0) is 6.42 Å². The van der Waals surface area contributed by atoms with Crippen molar-refractivity contribution in [1.82, 2.24) is 5.32 Å². The summed E-state index contributed by atoms with van der Waals surface area (Å²) in [6.45, 7) is 2.33. The molecule has 0 bridgehead atoms. The highest BCUT2D eigenvalue weighted by Gasteiger charge is 2.20. The summed E-state index contributed by atoms with van der Waals surface area (Å²) in [5, 5.41) is 4.11. The van der Waals surface area contributed by atoms with Gasteiger partial charge in [-0.05, 0) is 42.3 Å². The molecule has 1 N–H and O–H groups in total. The average Bonchev–Trinajstić information content (AvgIpc) is 2.72. The van der Waals surface area contributed by atoms with Crippen LogP contribution < -0.4 is 10.2 Å².